The predicted octanol–water partition coefficient (Wildman–Crippen LogP) is 4.18. The zero-order chi connectivity index (χ0) is 22.7. The third-order valence-corrected chi connectivity index (χ3v) is 5.98. The minimum Gasteiger partial charge on any atom is -0.313 e. The summed E-state index contributed by atoms with van der Waals surface area (Å²) < 4.78 is 67.2. The summed E-state index contributed by atoms with van der Waals surface area (Å²) in [6, 6.07) is 0.724. The Bertz CT molecular complexity index is 1180. The molecule has 2 aliphatic rings. The molecule has 0 bridgehead atoms. The first-order valence-corrected chi connectivity index (χ1v) is 9.94. The van der Waals surface area contributed by atoms with E-state index in [0.29, 0.717) is 18.2 Å². The molecule has 4 heterocycles. The number of aromatic amines is 1. The summed E-state index contributed by atoms with van der Waals surface area (Å²) >= 11 is 0. The number of urea groups is 1. The van der Waals surface area contributed by atoms with Crippen LogP contribution in [-0.4, -0.2) is 60.1 Å². The molecular weight excluding hydrogens is 437 g/mol. The SMILES string of the molecule is O=C(Nc1cn[nH]c1-c1cc2c(cn1)cnn2CC(F)(F)F)N1CC(F)(F)CCC12CC2. The first-order chi connectivity index (χ1) is 15.1. The van der Waals surface area contributed by atoms with Crippen molar-refractivity contribution >= 4 is 22.6 Å². The van der Waals surface area contributed by atoms with Crippen molar-refractivity contribution in [3.8, 4) is 11.4 Å². The van der Waals surface area contributed by atoms with Crippen LogP contribution in [0.2, 0.25) is 0 Å². The summed E-state index contributed by atoms with van der Waals surface area (Å²) in [4.78, 5) is 18.3. The molecule has 3 aromatic rings. The third kappa shape index (κ3) is 3.75. The minimum absolute atomic E-state index is 0.188. The maximum atomic E-state index is 13.9. The van der Waals surface area contributed by atoms with Gasteiger partial charge in [0.25, 0.3) is 5.92 Å². The van der Waals surface area contributed by atoms with Crippen LogP contribution in [0.4, 0.5) is 32.4 Å². The van der Waals surface area contributed by atoms with Crippen molar-refractivity contribution in [1.29, 1.82) is 0 Å². The number of nitrogens with one attached hydrogen (secondary N) is 2. The van der Waals surface area contributed by atoms with Gasteiger partial charge in [0, 0.05) is 23.5 Å². The van der Waals surface area contributed by atoms with E-state index in [9.17, 15) is 26.7 Å². The number of alkyl halides is 5. The number of pyridine rings is 1. The van der Waals surface area contributed by atoms with Gasteiger partial charge < -0.3 is 10.2 Å². The monoisotopic (exact) mass is 455 g/mol. The first kappa shape index (κ1) is 20.6. The van der Waals surface area contributed by atoms with Crippen LogP contribution in [0.1, 0.15) is 25.7 Å². The van der Waals surface area contributed by atoms with E-state index >= 15 is 0 Å². The van der Waals surface area contributed by atoms with Crippen LogP contribution in [0.25, 0.3) is 22.3 Å². The number of rotatable bonds is 3. The Balaban J connectivity index is 1.42. The van der Waals surface area contributed by atoms with Gasteiger partial charge in [0.2, 0.25) is 0 Å². The predicted molar refractivity (Wildman–Crippen MR) is 103 cm³/mol. The molecule has 0 unspecified atom stereocenters. The molecule has 5 rings (SSSR count). The van der Waals surface area contributed by atoms with Crippen molar-refractivity contribution < 1.29 is 26.7 Å². The molecule has 2 fully saturated rings. The normalized spacial score (nSPS) is 19.5. The molecule has 0 radical (unpaired) electrons. The zero-order valence-corrected chi connectivity index (χ0v) is 16.6. The van der Waals surface area contributed by atoms with E-state index in [1.165, 1.54) is 29.6 Å². The fraction of sp³-hybridized carbons (Fsp3) is 0.474. The molecule has 1 aliphatic carbocycles. The molecule has 13 heteroatoms. The van der Waals surface area contributed by atoms with Crippen molar-refractivity contribution in [1.82, 2.24) is 29.9 Å². The highest BCUT2D eigenvalue weighted by Gasteiger charge is 2.57. The van der Waals surface area contributed by atoms with E-state index in [1.54, 1.807) is 0 Å². The van der Waals surface area contributed by atoms with Crippen LogP contribution in [0, 0.1) is 0 Å². The highest BCUT2D eigenvalue weighted by Crippen LogP contribution is 2.51. The number of hydrogen-bond acceptors (Lipinski definition) is 4. The number of H-pyrrole nitrogens is 1. The standard InChI is InChI=1S/C19H18F5N7O/c20-18(21)4-3-17(1-2-17)30(9-18)16(32)28-13-8-26-29-15(13)12-5-14-11(6-25-12)7-27-31(14)10-19(22,23)24/h5-8H,1-4,9-10H2,(H,26,29)(H,28,32). The topological polar surface area (TPSA) is 91.7 Å². The number of carbonyl (C=O) groups is 1. The second-order valence-electron chi connectivity index (χ2n) is 8.30. The molecule has 0 aromatic carbocycles. The lowest BCUT2D eigenvalue weighted by Gasteiger charge is -2.40. The minimum atomic E-state index is -4.45. The fourth-order valence-corrected chi connectivity index (χ4v) is 4.14. The van der Waals surface area contributed by atoms with Gasteiger partial charge in [-0.25, -0.2) is 13.6 Å². The van der Waals surface area contributed by atoms with Crippen LogP contribution in [0.15, 0.2) is 24.7 Å². The molecule has 32 heavy (non-hydrogen) atoms. The number of aromatic nitrogens is 5. The Morgan fingerprint density at radius 2 is 1.91 bits per heavy atom. The molecule has 3 aromatic heterocycles. The summed E-state index contributed by atoms with van der Waals surface area (Å²) in [5.41, 5.74) is 0.324. The summed E-state index contributed by atoms with van der Waals surface area (Å²) in [5, 5.41) is 13.3. The van der Waals surface area contributed by atoms with E-state index in [1.807, 2.05) is 0 Å². The number of likely N-dealkylation sites (tertiary alicyclic amines) is 1. The van der Waals surface area contributed by atoms with Crippen LogP contribution in [0.5, 0.6) is 0 Å². The maximum absolute atomic E-state index is 13.9. The summed E-state index contributed by atoms with van der Waals surface area (Å²) in [5.74, 6) is -2.95. The number of amides is 2. The van der Waals surface area contributed by atoms with Gasteiger partial charge in [-0.2, -0.15) is 23.4 Å². The molecule has 8 nitrogen and oxygen atoms in total. The molecular formula is C19H18F5N7O. The third-order valence-electron chi connectivity index (χ3n) is 5.98. The van der Waals surface area contributed by atoms with Crippen molar-refractivity contribution in [2.45, 2.75) is 49.9 Å². The van der Waals surface area contributed by atoms with E-state index < -0.39 is 36.8 Å². The number of carbonyl (C=O) groups excluding carboxylic acids is 1. The van der Waals surface area contributed by atoms with Crippen LogP contribution < -0.4 is 5.32 Å². The highest BCUT2D eigenvalue weighted by atomic mass is 19.4. The molecule has 1 saturated carbocycles. The number of fused-ring (bicyclic) bond motifs is 1. The smallest absolute Gasteiger partial charge is 0.313 e. The zero-order valence-electron chi connectivity index (χ0n) is 16.6. The number of halogens is 5. The quantitative estimate of drug-likeness (QED) is 0.580. The molecule has 0 atom stereocenters. The van der Waals surface area contributed by atoms with Gasteiger partial charge in [0.05, 0.1) is 35.8 Å². The number of anilines is 1. The fourth-order valence-electron chi connectivity index (χ4n) is 4.14. The van der Waals surface area contributed by atoms with Crippen molar-refractivity contribution in [2.24, 2.45) is 0 Å². The van der Waals surface area contributed by atoms with Gasteiger partial charge in [0.15, 0.2) is 0 Å². The molecule has 170 valence electrons. The largest absolute Gasteiger partial charge is 0.408 e. The molecule has 1 aliphatic heterocycles. The summed E-state index contributed by atoms with van der Waals surface area (Å²) in [7, 11) is 0. The first-order valence-electron chi connectivity index (χ1n) is 9.94. The molecule has 1 spiro atoms. The van der Waals surface area contributed by atoms with Gasteiger partial charge in [-0.3, -0.25) is 14.8 Å². The van der Waals surface area contributed by atoms with Crippen LogP contribution in [-0.2, 0) is 6.54 Å². The Labute approximate surface area is 177 Å². The second-order valence-corrected chi connectivity index (χ2v) is 8.30. The molecule has 2 amide bonds. The van der Waals surface area contributed by atoms with Crippen LogP contribution >= 0.6 is 0 Å². The lowest BCUT2D eigenvalue weighted by molar-refractivity contribution is -0.141. The number of nitrogens with zero attached hydrogens (tertiary/aromatic N) is 5. The van der Waals surface area contributed by atoms with Gasteiger partial charge in [0.1, 0.15) is 12.2 Å². The lowest BCUT2D eigenvalue weighted by Crippen LogP contribution is -2.54. The van der Waals surface area contributed by atoms with E-state index in [2.05, 4.69) is 25.6 Å². The Kier molecular flexibility index (Phi) is 4.43. The number of hydrogen-bond donors (Lipinski definition) is 2. The van der Waals surface area contributed by atoms with E-state index in [4.69, 9.17) is 0 Å². The number of piperidine rings is 1. The lowest BCUT2D eigenvalue weighted by atomic mass is 9.97. The highest BCUT2D eigenvalue weighted by molar-refractivity contribution is 5.94. The average Bonchev–Trinajstić information content (AvgIpc) is 3.17. The van der Waals surface area contributed by atoms with Gasteiger partial charge >= 0.3 is 12.2 Å². The van der Waals surface area contributed by atoms with E-state index in [0.717, 1.165) is 4.68 Å². The van der Waals surface area contributed by atoms with Crippen molar-refractivity contribution in [3.05, 3.63) is 24.7 Å². The Morgan fingerprint density at radius 1 is 1.16 bits per heavy atom. The summed E-state index contributed by atoms with van der Waals surface area (Å²) in [6.45, 7) is -1.93. The van der Waals surface area contributed by atoms with Gasteiger partial charge in [-0.1, -0.05) is 0 Å². The average molecular weight is 455 g/mol. The van der Waals surface area contributed by atoms with Crippen molar-refractivity contribution in [2.75, 3.05) is 11.9 Å². The van der Waals surface area contributed by atoms with Crippen molar-refractivity contribution in [3.63, 3.8) is 0 Å². The van der Waals surface area contributed by atoms with Gasteiger partial charge in [-0.15, -0.1) is 0 Å². The Hall–Kier alpha value is -3.25. The second kappa shape index (κ2) is 6.87. The van der Waals surface area contributed by atoms with Gasteiger partial charge in [-0.05, 0) is 25.3 Å². The Morgan fingerprint density at radius 3 is 2.62 bits per heavy atom. The summed E-state index contributed by atoms with van der Waals surface area (Å²) in [6.07, 6.45) is 0.835. The van der Waals surface area contributed by atoms with Crippen LogP contribution in [0.3, 0.4) is 0 Å². The van der Waals surface area contributed by atoms with E-state index in [-0.39, 0.29) is 35.4 Å². The molecule has 2 N–H and O–H groups in total. The maximum Gasteiger partial charge on any atom is 0.408 e. The molecule has 1 saturated heterocycles.